The van der Waals surface area contributed by atoms with Crippen molar-refractivity contribution in [2.45, 2.75) is 6.92 Å². The standard InChI is InChI=1S/C8H7Cl2N3/c1-5-6(3-4-11-2)13-8(10)7(9)12-5/h3-4H,2H2,1H3/b4-3-. The van der Waals surface area contributed by atoms with Crippen LogP contribution in [0.25, 0.3) is 6.08 Å². The largest absolute Gasteiger partial charge is 0.272 e. The van der Waals surface area contributed by atoms with Crippen LogP contribution in [0.4, 0.5) is 0 Å². The van der Waals surface area contributed by atoms with E-state index in [4.69, 9.17) is 23.2 Å². The minimum Gasteiger partial charge on any atom is -0.272 e. The minimum atomic E-state index is 0.191. The van der Waals surface area contributed by atoms with Gasteiger partial charge in [-0.05, 0) is 19.7 Å². The molecule has 0 atom stereocenters. The number of hydrogen-bond donors (Lipinski definition) is 0. The fourth-order valence-electron chi connectivity index (χ4n) is 0.765. The topological polar surface area (TPSA) is 38.1 Å². The number of hydrogen-bond acceptors (Lipinski definition) is 3. The van der Waals surface area contributed by atoms with Gasteiger partial charge in [0.25, 0.3) is 0 Å². The highest BCUT2D eigenvalue weighted by Gasteiger charge is 2.04. The molecular formula is C8H7Cl2N3. The molecule has 0 amide bonds. The van der Waals surface area contributed by atoms with Crippen molar-refractivity contribution in [2.75, 3.05) is 0 Å². The molecule has 0 aliphatic heterocycles. The molecule has 1 heterocycles. The van der Waals surface area contributed by atoms with Crippen molar-refractivity contribution in [1.82, 2.24) is 9.97 Å². The average molecular weight is 216 g/mol. The van der Waals surface area contributed by atoms with Crippen molar-refractivity contribution in [3.05, 3.63) is 27.9 Å². The van der Waals surface area contributed by atoms with Crippen LogP contribution < -0.4 is 0 Å². The highest BCUT2D eigenvalue weighted by atomic mass is 35.5. The van der Waals surface area contributed by atoms with Gasteiger partial charge in [-0.1, -0.05) is 23.2 Å². The summed E-state index contributed by atoms with van der Waals surface area (Å²) in [5.41, 5.74) is 1.34. The summed E-state index contributed by atoms with van der Waals surface area (Å²) in [6.07, 6.45) is 3.18. The molecule has 0 radical (unpaired) electrons. The Morgan fingerprint density at radius 1 is 1.31 bits per heavy atom. The van der Waals surface area contributed by atoms with Crippen LogP contribution in [0, 0.1) is 6.92 Å². The Morgan fingerprint density at radius 2 is 1.92 bits per heavy atom. The number of aliphatic imine (C=N–C) groups is 1. The van der Waals surface area contributed by atoms with Crippen molar-refractivity contribution in [3.8, 4) is 0 Å². The maximum Gasteiger partial charge on any atom is 0.167 e. The van der Waals surface area contributed by atoms with Gasteiger partial charge in [-0.2, -0.15) is 0 Å². The third-order valence-electron chi connectivity index (χ3n) is 1.36. The van der Waals surface area contributed by atoms with E-state index in [0.29, 0.717) is 11.4 Å². The van der Waals surface area contributed by atoms with Crippen molar-refractivity contribution in [3.63, 3.8) is 0 Å². The summed E-state index contributed by atoms with van der Waals surface area (Å²) >= 11 is 11.3. The van der Waals surface area contributed by atoms with Crippen molar-refractivity contribution in [1.29, 1.82) is 0 Å². The molecule has 0 N–H and O–H groups in total. The third kappa shape index (κ3) is 2.50. The molecule has 1 aromatic rings. The van der Waals surface area contributed by atoms with E-state index in [1.807, 2.05) is 0 Å². The Hall–Kier alpha value is -0.930. The van der Waals surface area contributed by atoms with E-state index >= 15 is 0 Å². The third-order valence-corrected chi connectivity index (χ3v) is 1.99. The van der Waals surface area contributed by atoms with E-state index in [0.717, 1.165) is 0 Å². The van der Waals surface area contributed by atoms with Gasteiger partial charge in [0.1, 0.15) is 0 Å². The average Bonchev–Trinajstić information content (AvgIpc) is 2.09. The van der Waals surface area contributed by atoms with E-state index in [-0.39, 0.29) is 10.3 Å². The van der Waals surface area contributed by atoms with Gasteiger partial charge >= 0.3 is 0 Å². The molecule has 68 valence electrons. The Bertz CT molecular complexity index is 361. The van der Waals surface area contributed by atoms with Gasteiger partial charge in [-0.15, -0.1) is 0 Å². The predicted octanol–water partition coefficient (Wildman–Crippen LogP) is 2.76. The van der Waals surface area contributed by atoms with E-state index in [2.05, 4.69) is 21.7 Å². The Labute approximate surface area is 86.1 Å². The van der Waals surface area contributed by atoms with Gasteiger partial charge in [0.2, 0.25) is 0 Å². The minimum absolute atomic E-state index is 0.191. The number of rotatable bonds is 2. The van der Waals surface area contributed by atoms with Gasteiger partial charge in [0, 0.05) is 6.20 Å². The zero-order valence-electron chi connectivity index (χ0n) is 6.96. The van der Waals surface area contributed by atoms with E-state index in [1.54, 1.807) is 13.0 Å². The second-order valence-electron chi connectivity index (χ2n) is 2.27. The second-order valence-corrected chi connectivity index (χ2v) is 2.99. The van der Waals surface area contributed by atoms with E-state index in [9.17, 15) is 0 Å². The maximum atomic E-state index is 5.68. The Balaban J connectivity index is 3.15. The second kappa shape index (κ2) is 4.35. The number of aromatic nitrogens is 2. The number of aryl methyl sites for hydroxylation is 1. The molecule has 3 nitrogen and oxygen atoms in total. The summed E-state index contributed by atoms with van der Waals surface area (Å²) in [7, 11) is 0. The molecule has 0 saturated heterocycles. The van der Waals surface area contributed by atoms with Gasteiger partial charge in [0.05, 0.1) is 11.4 Å². The highest BCUT2D eigenvalue weighted by Crippen LogP contribution is 2.18. The van der Waals surface area contributed by atoms with Crippen LogP contribution >= 0.6 is 23.2 Å². The molecular weight excluding hydrogens is 209 g/mol. The first-order chi connectivity index (χ1) is 6.15. The Kier molecular flexibility index (Phi) is 3.39. The normalized spacial score (nSPS) is 10.7. The lowest BCUT2D eigenvalue weighted by Gasteiger charge is -2.00. The highest BCUT2D eigenvalue weighted by molar-refractivity contribution is 6.40. The fraction of sp³-hybridized carbons (Fsp3) is 0.125. The SMILES string of the molecule is C=N/C=C\c1nc(Cl)c(Cl)nc1C. The molecule has 5 heteroatoms. The zero-order valence-corrected chi connectivity index (χ0v) is 8.47. The van der Waals surface area contributed by atoms with E-state index in [1.165, 1.54) is 6.20 Å². The molecule has 0 spiro atoms. The van der Waals surface area contributed by atoms with Crippen LogP contribution in [0.5, 0.6) is 0 Å². The summed E-state index contributed by atoms with van der Waals surface area (Å²) in [4.78, 5) is 11.5. The first-order valence-corrected chi connectivity index (χ1v) is 4.22. The molecule has 0 fully saturated rings. The van der Waals surface area contributed by atoms with Crippen molar-refractivity contribution >= 4 is 36.0 Å². The summed E-state index contributed by atoms with van der Waals surface area (Å²) < 4.78 is 0. The molecule has 0 aromatic carbocycles. The smallest absolute Gasteiger partial charge is 0.167 e. The quantitative estimate of drug-likeness (QED) is 0.713. The lowest BCUT2D eigenvalue weighted by molar-refractivity contribution is 1.10. The molecule has 0 aliphatic carbocycles. The fourth-order valence-corrected chi connectivity index (χ4v) is 1.07. The molecule has 0 unspecified atom stereocenters. The van der Waals surface area contributed by atoms with Crippen LogP contribution in [0.15, 0.2) is 11.2 Å². The molecule has 0 bridgehead atoms. The van der Waals surface area contributed by atoms with Gasteiger partial charge in [0.15, 0.2) is 10.3 Å². The molecule has 0 saturated carbocycles. The van der Waals surface area contributed by atoms with Gasteiger partial charge in [-0.3, -0.25) is 4.99 Å². The zero-order chi connectivity index (χ0) is 9.84. The lowest BCUT2D eigenvalue weighted by Crippen LogP contribution is -1.92. The van der Waals surface area contributed by atoms with Crippen LogP contribution in [0.3, 0.4) is 0 Å². The summed E-state index contributed by atoms with van der Waals surface area (Å²) in [6, 6.07) is 0. The lowest BCUT2D eigenvalue weighted by atomic mass is 10.3. The number of halogens is 2. The summed E-state index contributed by atoms with van der Waals surface area (Å²) in [5.74, 6) is 0. The van der Waals surface area contributed by atoms with Crippen LogP contribution in [-0.2, 0) is 0 Å². The maximum absolute atomic E-state index is 5.68. The number of nitrogens with zero attached hydrogens (tertiary/aromatic N) is 3. The first-order valence-electron chi connectivity index (χ1n) is 3.47. The molecule has 0 aliphatic rings. The molecule has 1 aromatic heterocycles. The van der Waals surface area contributed by atoms with Crippen LogP contribution in [-0.4, -0.2) is 16.7 Å². The van der Waals surface area contributed by atoms with Crippen molar-refractivity contribution < 1.29 is 0 Å². The predicted molar refractivity (Wildman–Crippen MR) is 55.4 cm³/mol. The van der Waals surface area contributed by atoms with Crippen molar-refractivity contribution in [2.24, 2.45) is 4.99 Å². The molecule has 13 heavy (non-hydrogen) atoms. The van der Waals surface area contributed by atoms with Crippen LogP contribution in [0.2, 0.25) is 10.3 Å². The van der Waals surface area contributed by atoms with E-state index < -0.39 is 0 Å². The van der Waals surface area contributed by atoms with Crippen LogP contribution in [0.1, 0.15) is 11.4 Å². The van der Waals surface area contributed by atoms with Gasteiger partial charge in [-0.25, -0.2) is 9.97 Å². The summed E-state index contributed by atoms with van der Waals surface area (Å²) in [6.45, 7) is 5.09. The molecule has 1 rings (SSSR count). The first kappa shape index (κ1) is 10.2. The summed E-state index contributed by atoms with van der Waals surface area (Å²) in [5, 5.41) is 0.402. The Morgan fingerprint density at radius 3 is 2.54 bits per heavy atom. The monoisotopic (exact) mass is 215 g/mol. The van der Waals surface area contributed by atoms with Gasteiger partial charge < -0.3 is 0 Å².